The largest absolute Gasteiger partial charge is 0.455 e. The minimum absolute atomic E-state index is 0.0227. The summed E-state index contributed by atoms with van der Waals surface area (Å²) in [5.41, 5.74) is 0.656. The predicted molar refractivity (Wildman–Crippen MR) is 106 cm³/mol. The number of anilines is 1. The summed E-state index contributed by atoms with van der Waals surface area (Å²) in [7, 11) is 0. The molecule has 6 nitrogen and oxygen atoms in total. The van der Waals surface area contributed by atoms with Gasteiger partial charge in [0.2, 0.25) is 5.91 Å². The number of likely N-dealkylation sites (tertiary alicyclic amines) is 1. The molecule has 4 rings (SSSR count). The van der Waals surface area contributed by atoms with E-state index in [0.29, 0.717) is 12.2 Å². The molecule has 0 aromatic heterocycles. The number of ether oxygens (including phenoxy) is 1. The van der Waals surface area contributed by atoms with Crippen LogP contribution in [0.25, 0.3) is 10.8 Å². The molecule has 1 saturated heterocycles. The van der Waals surface area contributed by atoms with Gasteiger partial charge in [-0.1, -0.05) is 43.2 Å². The quantitative estimate of drug-likeness (QED) is 0.809. The SMILES string of the molecule is O=C(COC(=O)[C@@H]1CC(=O)N(C2CCCC2)C1)Nc1ccc2ccccc2c1. The van der Waals surface area contributed by atoms with Gasteiger partial charge in [0.15, 0.2) is 6.61 Å². The highest BCUT2D eigenvalue weighted by Crippen LogP contribution is 2.29. The van der Waals surface area contributed by atoms with Crippen molar-refractivity contribution in [2.45, 2.75) is 38.1 Å². The van der Waals surface area contributed by atoms with E-state index in [4.69, 9.17) is 4.74 Å². The van der Waals surface area contributed by atoms with E-state index in [0.717, 1.165) is 36.5 Å². The summed E-state index contributed by atoms with van der Waals surface area (Å²) < 4.78 is 5.18. The number of carbonyl (C=O) groups excluding carboxylic acids is 3. The lowest BCUT2D eigenvalue weighted by Gasteiger charge is -2.23. The maximum absolute atomic E-state index is 12.3. The summed E-state index contributed by atoms with van der Waals surface area (Å²) in [6, 6.07) is 13.8. The third-order valence-corrected chi connectivity index (χ3v) is 5.64. The van der Waals surface area contributed by atoms with Crippen LogP contribution in [0.1, 0.15) is 32.1 Å². The molecule has 1 heterocycles. The topological polar surface area (TPSA) is 75.7 Å². The Kier molecular flexibility index (Phi) is 5.28. The van der Waals surface area contributed by atoms with E-state index in [2.05, 4.69) is 5.32 Å². The van der Waals surface area contributed by atoms with Crippen molar-refractivity contribution < 1.29 is 19.1 Å². The molecule has 2 aromatic carbocycles. The first-order valence-corrected chi connectivity index (χ1v) is 9.85. The normalized spacial score (nSPS) is 19.9. The molecule has 0 spiro atoms. The van der Waals surface area contributed by atoms with Crippen molar-refractivity contribution in [3.05, 3.63) is 42.5 Å². The summed E-state index contributed by atoms with van der Waals surface area (Å²) in [6.07, 6.45) is 4.49. The summed E-state index contributed by atoms with van der Waals surface area (Å²) >= 11 is 0. The van der Waals surface area contributed by atoms with Crippen LogP contribution in [0.3, 0.4) is 0 Å². The molecule has 0 radical (unpaired) electrons. The Hall–Kier alpha value is -2.89. The number of hydrogen-bond donors (Lipinski definition) is 1. The fraction of sp³-hybridized carbons (Fsp3) is 0.409. The van der Waals surface area contributed by atoms with Crippen LogP contribution in [0.15, 0.2) is 42.5 Å². The number of carbonyl (C=O) groups is 3. The van der Waals surface area contributed by atoms with E-state index >= 15 is 0 Å². The fourth-order valence-electron chi connectivity index (χ4n) is 4.18. The van der Waals surface area contributed by atoms with Gasteiger partial charge in [-0.2, -0.15) is 0 Å². The van der Waals surface area contributed by atoms with Crippen LogP contribution in [0.4, 0.5) is 5.69 Å². The Balaban J connectivity index is 1.28. The molecule has 28 heavy (non-hydrogen) atoms. The van der Waals surface area contributed by atoms with Crippen LogP contribution < -0.4 is 5.32 Å². The molecule has 2 fully saturated rings. The summed E-state index contributed by atoms with van der Waals surface area (Å²) in [4.78, 5) is 38.5. The maximum atomic E-state index is 12.3. The molecule has 1 saturated carbocycles. The molecule has 1 aliphatic heterocycles. The van der Waals surface area contributed by atoms with Gasteiger partial charge >= 0.3 is 5.97 Å². The summed E-state index contributed by atoms with van der Waals surface area (Å²) in [6.45, 7) is 0.0639. The summed E-state index contributed by atoms with van der Waals surface area (Å²) in [5.74, 6) is -1.31. The zero-order valence-electron chi connectivity index (χ0n) is 15.7. The van der Waals surface area contributed by atoms with Crippen LogP contribution in [-0.2, 0) is 19.1 Å². The Labute approximate surface area is 163 Å². The molecule has 0 unspecified atom stereocenters. The smallest absolute Gasteiger partial charge is 0.311 e. The molecule has 2 aliphatic rings. The van der Waals surface area contributed by atoms with Gasteiger partial charge in [0.05, 0.1) is 5.92 Å². The van der Waals surface area contributed by atoms with Crippen molar-refractivity contribution in [1.82, 2.24) is 4.90 Å². The lowest BCUT2D eigenvalue weighted by atomic mass is 10.1. The molecular weight excluding hydrogens is 356 g/mol. The van der Waals surface area contributed by atoms with Gasteiger partial charge in [-0.05, 0) is 35.7 Å². The standard InChI is InChI=1S/C22H24N2O4/c25-20(23-18-10-9-15-5-1-2-6-16(15)11-18)14-28-22(27)17-12-21(26)24(13-17)19-7-3-4-8-19/h1-2,5-6,9-11,17,19H,3-4,7-8,12-14H2,(H,23,25)/t17-/m1/s1. The Morgan fingerprint density at radius 3 is 2.61 bits per heavy atom. The van der Waals surface area contributed by atoms with E-state index in [1.54, 1.807) is 0 Å². The summed E-state index contributed by atoms with van der Waals surface area (Å²) in [5, 5.41) is 4.86. The number of nitrogens with zero attached hydrogens (tertiary/aromatic N) is 1. The first-order chi connectivity index (χ1) is 13.6. The lowest BCUT2D eigenvalue weighted by Crippen LogP contribution is -2.35. The van der Waals surface area contributed by atoms with Gasteiger partial charge in [0.25, 0.3) is 5.91 Å². The van der Waals surface area contributed by atoms with E-state index in [9.17, 15) is 14.4 Å². The highest BCUT2D eigenvalue weighted by molar-refractivity contribution is 5.96. The average molecular weight is 380 g/mol. The molecule has 2 aromatic rings. The van der Waals surface area contributed by atoms with Crippen molar-refractivity contribution in [2.24, 2.45) is 5.92 Å². The van der Waals surface area contributed by atoms with Crippen molar-refractivity contribution in [1.29, 1.82) is 0 Å². The highest BCUT2D eigenvalue weighted by atomic mass is 16.5. The third-order valence-electron chi connectivity index (χ3n) is 5.64. The number of benzene rings is 2. The minimum atomic E-state index is -0.471. The van der Waals surface area contributed by atoms with Crippen LogP contribution in [-0.4, -0.2) is 41.9 Å². The fourth-order valence-corrected chi connectivity index (χ4v) is 4.18. The number of hydrogen-bond acceptors (Lipinski definition) is 4. The molecule has 1 N–H and O–H groups in total. The molecule has 6 heteroatoms. The molecule has 2 amide bonds. The molecule has 0 bridgehead atoms. The van der Waals surface area contributed by atoms with Crippen molar-refractivity contribution in [3.8, 4) is 0 Å². The number of fused-ring (bicyclic) bond motifs is 1. The monoisotopic (exact) mass is 380 g/mol. The minimum Gasteiger partial charge on any atom is -0.455 e. The van der Waals surface area contributed by atoms with Crippen LogP contribution in [0.5, 0.6) is 0 Å². The third kappa shape index (κ3) is 4.01. The Morgan fingerprint density at radius 1 is 1.07 bits per heavy atom. The van der Waals surface area contributed by atoms with Crippen LogP contribution >= 0.6 is 0 Å². The van der Waals surface area contributed by atoms with E-state index in [-0.39, 0.29) is 30.9 Å². The van der Waals surface area contributed by atoms with Crippen molar-refractivity contribution in [2.75, 3.05) is 18.5 Å². The first kappa shape index (κ1) is 18.5. The van der Waals surface area contributed by atoms with Crippen LogP contribution in [0, 0.1) is 5.92 Å². The van der Waals surface area contributed by atoms with E-state index in [1.807, 2.05) is 47.4 Å². The second kappa shape index (κ2) is 8.00. The molecule has 1 aliphatic carbocycles. The predicted octanol–water partition coefficient (Wildman–Crippen LogP) is 3.11. The molecule has 146 valence electrons. The number of rotatable bonds is 5. The zero-order valence-corrected chi connectivity index (χ0v) is 15.7. The van der Waals surface area contributed by atoms with E-state index in [1.165, 1.54) is 0 Å². The second-order valence-corrected chi connectivity index (χ2v) is 7.60. The maximum Gasteiger partial charge on any atom is 0.311 e. The van der Waals surface area contributed by atoms with Crippen molar-refractivity contribution >= 4 is 34.2 Å². The highest BCUT2D eigenvalue weighted by Gasteiger charge is 2.39. The average Bonchev–Trinajstić information content (AvgIpc) is 3.35. The number of esters is 1. The van der Waals surface area contributed by atoms with Gasteiger partial charge in [0.1, 0.15) is 0 Å². The van der Waals surface area contributed by atoms with Gasteiger partial charge in [-0.25, -0.2) is 0 Å². The second-order valence-electron chi connectivity index (χ2n) is 7.60. The van der Waals surface area contributed by atoms with Gasteiger partial charge in [-0.3, -0.25) is 14.4 Å². The molecule has 1 atom stereocenters. The Morgan fingerprint density at radius 2 is 1.82 bits per heavy atom. The lowest BCUT2D eigenvalue weighted by molar-refractivity contribution is -0.151. The van der Waals surface area contributed by atoms with Gasteiger partial charge < -0.3 is 15.0 Å². The van der Waals surface area contributed by atoms with Crippen molar-refractivity contribution in [3.63, 3.8) is 0 Å². The zero-order chi connectivity index (χ0) is 19.5. The van der Waals surface area contributed by atoms with E-state index < -0.39 is 11.9 Å². The first-order valence-electron chi connectivity index (χ1n) is 9.85. The Bertz CT molecular complexity index is 904. The number of amides is 2. The van der Waals surface area contributed by atoms with Gasteiger partial charge in [0, 0.05) is 24.7 Å². The van der Waals surface area contributed by atoms with Crippen LogP contribution in [0.2, 0.25) is 0 Å². The number of nitrogens with one attached hydrogen (secondary N) is 1. The molecular formula is C22H24N2O4. The van der Waals surface area contributed by atoms with Gasteiger partial charge in [-0.15, -0.1) is 0 Å².